The standard InChI is InChI=1S/C23H34N4O3/c1-16-13-26(14-17(2)30-16)15-18-8-10-27(11-9-18)23(29)25-21-5-3-4-20(12-21)24-22(28)19-6-7-19/h3-5,12,16-19H,6-11,13-15H2,1-2H3,(H,24,28)(H,25,29). The summed E-state index contributed by atoms with van der Waals surface area (Å²) in [7, 11) is 0. The van der Waals surface area contributed by atoms with Crippen molar-refractivity contribution < 1.29 is 14.3 Å². The van der Waals surface area contributed by atoms with Crippen molar-refractivity contribution in [3.63, 3.8) is 0 Å². The third-order valence-electron chi connectivity index (χ3n) is 6.24. The highest BCUT2D eigenvalue weighted by atomic mass is 16.5. The van der Waals surface area contributed by atoms with Crippen LogP contribution in [0.2, 0.25) is 0 Å². The Morgan fingerprint density at radius 1 is 1.00 bits per heavy atom. The number of hydrogen-bond donors (Lipinski definition) is 2. The zero-order chi connectivity index (χ0) is 21.1. The number of hydrogen-bond acceptors (Lipinski definition) is 4. The van der Waals surface area contributed by atoms with Gasteiger partial charge in [-0.25, -0.2) is 4.79 Å². The summed E-state index contributed by atoms with van der Waals surface area (Å²) in [6.07, 6.45) is 4.61. The highest BCUT2D eigenvalue weighted by Gasteiger charge is 2.30. The van der Waals surface area contributed by atoms with E-state index in [-0.39, 0.29) is 17.9 Å². The van der Waals surface area contributed by atoms with Crippen LogP contribution in [-0.2, 0) is 9.53 Å². The van der Waals surface area contributed by atoms with Crippen LogP contribution >= 0.6 is 0 Å². The molecule has 164 valence electrons. The fourth-order valence-corrected chi connectivity index (χ4v) is 4.58. The first kappa shape index (κ1) is 21.1. The maximum Gasteiger partial charge on any atom is 0.321 e. The molecule has 1 aromatic carbocycles. The van der Waals surface area contributed by atoms with Crippen molar-refractivity contribution in [3.05, 3.63) is 24.3 Å². The van der Waals surface area contributed by atoms with Gasteiger partial charge in [-0.1, -0.05) is 6.07 Å². The highest BCUT2D eigenvalue weighted by molar-refractivity contribution is 5.95. The quantitative estimate of drug-likeness (QED) is 0.775. The van der Waals surface area contributed by atoms with Crippen LogP contribution in [0.25, 0.3) is 0 Å². The Labute approximate surface area is 179 Å². The Hall–Kier alpha value is -2.12. The van der Waals surface area contributed by atoms with Gasteiger partial charge in [0.15, 0.2) is 0 Å². The number of nitrogens with zero attached hydrogens (tertiary/aromatic N) is 2. The molecule has 0 radical (unpaired) electrons. The maximum atomic E-state index is 12.7. The van der Waals surface area contributed by atoms with E-state index in [2.05, 4.69) is 29.4 Å². The molecule has 4 rings (SSSR count). The second kappa shape index (κ2) is 9.35. The number of amides is 3. The Morgan fingerprint density at radius 3 is 2.27 bits per heavy atom. The predicted octanol–water partition coefficient (Wildman–Crippen LogP) is 3.39. The third-order valence-corrected chi connectivity index (χ3v) is 6.24. The molecule has 1 saturated carbocycles. The number of nitrogens with one attached hydrogen (secondary N) is 2. The number of benzene rings is 1. The lowest BCUT2D eigenvalue weighted by Crippen LogP contribution is -2.49. The minimum Gasteiger partial charge on any atom is -0.373 e. The van der Waals surface area contributed by atoms with Crippen molar-refractivity contribution in [2.45, 2.75) is 51.7 Å². The predicted molar refractivity (Wildman–Crippen MR) is 118 cm³/mol. The fourth-order valence-electron chi connectivity index (χ4n) is 4.58. The molecule has 2 N–H and O–H groups in total. The Balaban J connectivity index is 1.23. The summed E-state index contributed by atoms with van der Waals surface area (Å²) in [6, 6.07) is 7.33. The topological polar surface area (TPSA) is 73.9 Å². The second-order valence-corrected chi connectivity index (χ2v) is 9.18. The van der Waals surface area contributed by atoms with Crippen LogP contribution in [0, 0.1) is 11.8 Å². The Bertz CT molecular complexity index is 749. The first-order chi connectivity index (χ1) is 14.5. The van der Waals surface area contributed by atoms with Gasteiger partial charge in [-0.3, -0.25) is 9.69 Å². The van der Waals surface area contributed by atoms with Gasteiger partial charge in [0.25, 0.3) is 0 Å². The van der Waals surface area contributed by atoms with E-state index in [9.17, 15) is 9.59 Å². The van der Waals surface area contributed by atoms with Crippen LogP contribution in [0.5, 0.6) is 0 Å². The first-order valence-corrected chi connectivity index (χ1v) is 11.3. The van der Waals surface area contributed by atoms with Gasteiger partial charge in [0.1, 0.15) is 0 Å². The molecule has 7 nitrogen and oxygen atoms in total. The molecule has 7 heteroatoms. The summed E-state index contributed by atoms with van der Waals surface area (Å²) >= 11 is 0. The van der Waals surface area contributed by atoms with Crippen LogP contribution in [0.3, 0.4) is 0 Å². The van der Waals surface area contributed by atoms with E-state index in [0.717, 1.165) is 64.1 Å². The summed E-state index contributed by atoms with van der Waals surface area (Å²) in [5.41, 5.74) is 1.45. The molecule has 2 heterocycles. The molecule has 1 aliphatic carbocycles. The van der Waals surface area contributed by atoms with E-state index in [1.165, 1.54) is 0 Å². The summed E-state index contributed by atoms with van der Waals surface area (Å²) in [4.78, 5) is 29.1. The van der Waals surface area contributed by atoms with Crippen molar-refractivity contribution in [3.8, 4) is 0 Å². The fraction of sp³-hybridized carbons (Fsp3) is 0.652. The number of piperidine rings is 1. The molecule has 0 aromatic heterocycles. The number of urea groups is 1. The smallest absolute Gasteiger partial charge is 0.321 e. The molecule has 2 saturated heterocycles. The molecule has 2 aliphatic heterocycles. The van der Waals surface area contributed by atoms with Gasteiger partial charge in [-0.2, -0.15) is 0 Å². The number of carbonyl (C=O) groups is 2. The Morgan fingerprint density at radius 2 is 1.63 bits per heavy atom. The van der Waals surface area contributed by atoms with Gasteiger partial charge >= 0.3 is 6.03 Å². The SMILES string of the molecule is CC1CN(CC2CCN(C(=O)Nc3cccc(NC(=O)C4CC4)c3)CC2)CC(C)O1. The molecular formula is C23H34N4O3. The number of likely N-dealkylation sites (tertiary alicyclic amines) is 1. The van der Waals surface area contributed by atoms with Crippen LogP contribution in [0.15, 0.2) is 24.3 Å². The molecule has 2 atom stereocenters. The van der Waals surface area contributed by atoms with Crippen molar-refractivity contribution in [1.29, 1.82) is 0 Å². The van der Waals surface area contributed by atoms with E-state index in [1.54, 1.807) is 0 Å². The average Bonchev–Trinajstić information content (AvgIpc) is 3.53. The maximum absolute atomic E-state index is 12.7. The zero-order valence-electron chi connectivity index (χ0n) is 18.1. The van der Waals surface area contributed by atoms with Gasteiger partial charge < -0.3 is 20.3 Å². The lowest BCUT2D eigenvalue weighted by atomic mass is 9.96. The highest BCUT2D eigenvalue weighted by Crippen LogP contribution is 2.30. The van der Waals surface area contributed by atoms with Gasteiger partial charge in [0.05, 0.1) is 12.2 Å². The molecule has 0 spiro atoms. The summed E-state index contributed by atoms with van der Waals surface area (Å²) in [5, 5.41) is 5.92. The normalized spacial score (nSPS) is 25.7. The van der Waals surface area contributed by atoms with Crippen molar-refractivity contribution in [2.24, 2.45) is 11.8 Å². The molecule has 1 aromatic rings. The molecular weight excluding hydrogens is 380 g/mol. The van der Waals surface area contributed by atoms with Crippen molar-refractivity contribution >= 4 is 23.3 Å². The van der Waals surface area contributed by atoms with Crippen LogP contribution < -0.4 is 10.6 Å². The van der Waals surface area contributed by atoms with Gasteiger partial charge in [-0.05, 0) is 63.6 Å². The van der Waals surface area contributed by atoms with Crippen LogP contribution in [0.1, 0.15) is 39.5 Å². The van der Waals surface area contributed by atoms with E-state index in [1.807, 2.05) is 29.2 Å². The number of anilines is 2. The summed E-state index contributed by atoms with van der Waals surface area (Å²) in [6.45, 7) is 8.94. The minimum atomic E-state index is -0.0623. The van der Waals surface area contributed by atoms with Crippen molar-refractivity contribution in [1.82, 2.24) is 9.80 Å². The number of rotatable bonds is 5. The Kier molecular flexibility index (Phi) is 6.58. The van der Waals surface area contributed by atoms with E-state index in [4.69, 9.17) is 4.74 Å². The molecule has 3 fully saturated rings. The van der Waals surface area contributed by atoms with Gasteiger partial charge in [0.2, 0.25) is 5.91 Å². The summed E-state index contributed by atoms with van der Waals surface area (Å²) in [5.74, 6) is 0.866. The third kappa shape index (κ3) is 5.73. The van der Waals surface area contributed by atoms with Crippen LogP contribution in [-0.4, -0.2) is 66.7 Å². The second-order valence-electron chi connectivity index (χ2n) is 9.18. The van der Waals surface area contributed by atoms with Crippen molar-refractivity contribution in [2.75, 3.05) is 43.4 Å². The minimum absolute atomic E-state index is 0.0623. The van der Waals surface area contributed by atoms with E-state index < -0.39 is 0 Å². The lowest BCUT2D eigenvalue weighted by molar-refractivity contribution is -0.117. The molecule has 2 unspecified atom stereocenters. The van der Waals surface area contributed by atoms with E-state index >= 15 is 0 Å². The molecule has 30 heavy (non-hydrogen) atoms. The molecule has 3 amide bonds. The van der Waals surface area contributed by atoms with Gasteiger partial charge in [-0.15, -0.1) is 0 Å². The number of morpholine rings is 1. The zero-order valence-corrected chi connectivity index (χ0v) is 18.1. The number of ether oxygens (including phenoxy) is 1. The van der Waals surface area contributed by atoms with Crippen LogP contribution in [0.4, 0.5) is 16.2 Å². The molecule has 3 aliphatic rings. The molecule has 0 bridgehead atoms. The lowest BCUT2D eigenvalue weighted by Gasteiger charge is -2.39. The van der Waals surface area contributed by atoms with E-state index in [0.29, 0.717) is 23.8 Å². The monoisotopic (exact) mass is 414 g/mol. The number of carbonyl (C=O) groups excluding carboxylic acids is 2. The van der Waals surface area contributed by atoms with Gasteiger partial charge in [0, 0.05) is 50.0 Å². The first-order valence-electron chi connectivity index (χ1n) is 11.3. The average molecular weight is 415 g/mol. The largest absolute Gasteiger partial charge is 0.373 e. The summed E-state index contributed by atoms with van der Waals surface area (Å²) < 4.78 is 5.83.